The van der Waals surface area contributed by atoms with Crippen molar-refractivity contribution in [2.45, 2.75) is 20.4 Å². The van der Waals surface area contributed by atoms with Crippen LogP contribution in [0.2, 0.25) is 0 Å². The summed E-state index contributed by atoms with van der Waals surface area (Å²) in [5.41, 5.74) is 5.09. The molecule has 18 heavy (non-hydrogen) atoms. The molecule has 1 aliphatic rings. The number of hydrogen-bond donors (Lipinski definition) is 0. The highest BCUT2D eigenvalue weighted by Gasteiger charge is 2.20. The van der Waals surface area contributed by atoms with Crippen LogP contribution in [0.25, 0.3) is 0 Å². The molecule has 2 nitrogen and oxygen atoms in total. The van der Waals surface area contributed by atoms with Crippen LogP contribution in [-0.4, -0.2) is 6.73 Å². The van der Waals surface area contributed by atoms with E-state index < -0.39 is 0 Å². The second-order valence-electron chi connectivity index (χ2n) is 4.93. The van der Waals surface area contributed by atoms with Gasteiger partial charge < -0.3 is 9.64 Å². The number of anilines is 1. The number of nitrogens with zero attached hydrogens (tertiary/aromatic N) is 1. The zero-order chi connectivity index (χ0) is 12.5. The zero-order valence-electron chi connectivity index (χ0n) is 10.8. The molecule has 0 N–H and O–H groups in total. The van der Waals surface area contributed by atoms with Crippen LogP contribution in [0.4, 0.5) is 5.69 Å². The van der Waals surface area contributed by atoms with E-state index in [0.29, 0.717) is 6.73 Å². The van der Waals surface area contributed by atoms with Gasteiger partial charge in [0.2, 0.25) is 0 Å². The number of rotatable bonds is 2. The second kappa shape index (κ2) is 4.37. The van der Waals surface area contributed by atoms with Crippen LogP contribution in [0.5, 0.6) is 5.75 Å². The highest BCUT2D eigenvalue weighted by Crippen LogP contribution is 2.35. The molecule has 0 bridgehead atoms. The van der Waals surface area contributed by atoms with E-state index >= 15 is 0 Å². The lowest BCUT2D eigenvalue weighted by Crippen LogP contribution is -2.21. The van der Waals surface area contributed by atoms with Gasteiger partial charge in [-0.05, 0) is 37.1 Å². The van der Waals surface area contributed by atoms with Gasteiger partial charge in [-0.25, -0.2) is 0 Å². The first-order valence-corrected chi connectivity index (χ1v) is 6.26. The predicted octanol–water partition coefficient (Wildman–Crippen LogP) is 3.66. The molecule has 0 aromatic heterocycles. The molecule has 0 saturated carbocycles. The van der Waals surface area contributed by atoms with E-state index in [1.54, 1.807) is 0 Å². The Hall–Kier alpha value is -1.96. The third-order valence-corrected chi connectivity index (χ3v) is 3.33. The Balaban J connectivity index is 1.84. The zero-order valence-corrected chi connectivity index (χ0v) is 10.8. The first-order valence-electron chi connectivity index (χ1n) is 6.26. The lowest BCUT2D eigenvalue weighted by atomic mass is 10.1. The predicted molar refractivity (Wildman–Crippen MR) is 74.0 cm³/mol. The second-order valence-corrected chi connectivity index (χ2v) is 4.93. The Morgan fingerprint density at radius 3 is 2.50 bits per heavy atom. The van der Waals surface area contributed by atoms with Crippen molar-refractivity contribution in [3.8, 4) is 5.75 Å². The van der Waals surface area contributed by atoms with E-state index in [9.17, 15) is 0 Å². The van der Waals surface area contributed by atoms with Gasteiger partial charge in [-0.2, -0.15) is 0 Å². The van der Waals surface area contributed by atoms with Crippen molar-refractivity contribution in [2.24, 2.45) is 0 Å². The Bertz CT molecular complexity index is 560. The monoisotopic (exact) mass is 239 g/mol. The SMILES string of the molecule is Cc1ccc(CN2COc3ccc(C)cc32)cc1. The smallest absolute Gasteiger partial charge is 0.162 e. The first-order chi connectivity index (χ1) is 8.72. The summed E-state index contributed by atoms with van der Waals surface area (Å²) in [6.07, 6.45) is 0. The van der Waals surface area contributed by atoms with E-state index in [4.69, 9.17) is 4.74 Å². The van der Waals surface area contributed by atoms with Crippen molar-refractivity contribution in [1.29, 1.82) is 0 Å². The lowest BCUT2D eigenvalue weighted by molar-refractivity contribution is 0.345. The molecule has 0 aliphatic carbocycles. The van der Waals surface area contributed by atoms with Crippen molar-refractivity contribution in [2.75, 3.05) is 11.6 Å². The highest BCUT2D eigenvalue weighted by atomic mass is 16.5. The molecule has 1 heterocycles. The normalized spacial score (nSPS) is 13.3. The topological polar surface area (TPSA) is 12.5 Å². The molecule has 0 unspecified atom stereocenters. The summed E-state index contributed by atoms with van der Waals surface area (Å²) in [6.45, 7) is 5.77. The molecule has 1 aliphatic heterocycles. The van der Waals surface area contributed by atoms with Crippen molar-refractivity contribution in [1.82, 2.24) is 0 Å². The molecule has 0 amide bonds. The number of hydrogen-bond acceptors (Lipinski definition) is 2. The Kier molecular flexibility index (Phi) is 2.71. The Morgan fingerprint density at radius 1 is 1.00 bits per heavy atom. The molecule has 2 heteroatoms. The largest absolute Gasteiger partial charge is 0.471 e. The number of fused-ring (bicyclic) bond motifs is 1. The van der Waals surface area contributed by atoms with Gasteiger partial charge in [0.05, 0.1) is 5.69 Å². The van der Waals surface area contributed by atoms with Crippen LogP contribution in [0.15, 0.2) is 42.5 Å². The van der Waals surface area contributed by atoms with Crippen molar-refractivity contribution < 1.29 is 4.74 Å². The highest BCUT2D eigenvalue weighted by molar-refractivity contribution is 5.62. The molecule has 0 spiro atoms. The van der Waals surface area contributed by atoms with E-state index in [0.717, 1.165) is 12.3 Å². The summed E-state index contributed by atoms with van der Waals surface area (Å²) in [6, 6.07) is 15.0. The molecule has 2 aromatic carbocycles. The van der Waals surface area contributed by atoms with Crippen molar-refractivity contribution >= 4 is 5.69 Å². The van der Waals surface area contributed by atoms with Crippen LogP contribution in [-0.2, 0) is 6.54 Å². The quantitative estimate of drug-likeness (QED) is 0.793. The Labute approximate surface area is 108 Å². The third kappa shape index (κ3) is 2.06. The summed E-state index contributed by atoms with van der Waals surface area (Å²) in [4.78, 5) is 2.27. The van der Waals surface area contributed by atoms with Crippen molar-refractivity contribution in [3.05, 3.63) is 59.2 Å². The molecule has 0 atom stereocenters. The van der Waals surface area contributed by atoms with Gasteiger partial charge in [0.1, 0.15) is 5.75 Å². The van der Waals surface area contributed by atoms with E-state index in [1.807, 2.05) is 0 Å². The molecule has 0 saturated heterocycles. The van der Waals surface area contributed by atoms with Gasteiger partial charge in [0.25, 0.3) is 0 Å². The standard InChI is InChI=1S/C16H17NO/c1-12-3-6-14(7-4-12)10-17-11-18-16-8-5-13(2)9-15(16)17/h3-9H,10-11H2,1-2H3. The van der Waals surface area contributed by atoms with Gasteiger partial charge in [0.15, 0.2) is 6.73 Å². The molecule has 3 rings (SSSR count). The fourth-order valence-corrected chi connectivity index (χ4v) is 2.26. The minimum atomic E-state index is 0.645. The maximum Gasteiger partial charge on any atom is 0.162 e. The van der Waals surface area contributed by atoms with Gasteiger partial charge in [0, 0.05) is 6.54 Å². The molecular formula is C16H17NO. The van der Waals surface area contributed by atoms with Crippen LogP contribution >= 0.6 is 0 Å². The van der Waals surface area contributed by atoms with Crippen LogP contribution < -0.4 is 9.64 Å². The fourth-order valence-electron chi connectivity index (χ4n) is 2.26. The van der Waals surface area contributed by atoms with E-state index in [2.05, 4.69) is 61.2 Å². The molecule has 2 aromatic rings. The fraction of sp³-hybridized carbons (Fsp3) is 0.250. The molecular weight excluding hydrogens is 222 g/mol. The average molecular weight is 239 g/mol. The lowest BCUT2D eigenvalue weighted by Gasteiger charge is -2.17. The Morgan fingerprint density at radius 2 is 1.72 bits per heavy atom. The summed E-state index contributed by atoms with van der Waals surface area (Å²) in [5, 5.41) is 0. The van der Waals surface area contributed by atoms with Crippen molar-refractivity contribution in [3.63, 3.8) is 0 Å². The van der Waals surface area contributed by atoms with E-state index in [-0.39, 0.29) is 0 Å². The maximum absolute atomic E-state index is 5.69. The number of benzene rings is 2. The maximum atomic E-state index is 5.69. The molecule has 0 radical (unpaired) electrons. The van der Waals surface area contributed by atoms with Gasteiger partial charge in [-0.3, -0.25) is 0 Å². The first kappa shape index (κ1) is 11.1. The van der Waals surface area contributed by atoms with E-state index in [1.165, 1.54) is 22.4 Å². The minimum absolute atomic E-state index is 0.645. The van der Waals surface area contributed by atoms with Crippen LogP contribution in [0.3, 0.4) is 0 Å². The third-order valence-electron chi connectivity index (χ3n) is 3.33. The molecule has 0 fully saturated rings. The minimum Gasteiger partial charge on any atom is -0.471 e. The number of ether oxygens (including phenoxy) is 1. The van der Waals surface area contributed by atoms with Gasteiger partial charge >= 0.3 is 0 Å². The summed E-state index contributed by atoms with van der Waals surface area (Å²) >= 11 is 0. The number of aryl methyl sites for hydroxylation is 2. The summed E-state index contributed by atoms with van der Waals surface area (Å²) in [7, 11) is 0. The molecule has 92 valence electrons. The van der Waals surface area contributed by atoms with Gasteiger partial charge in [-0.15, -0.1) is 0 Å². The summed E-state index contributed by atoms with van der Waals surface area (Å²) in [5.74, 6) is 0.993. The average Bonchev–Trinajstić information content (AvgIpc) is 2.75. The van der Waals surface area contributed by atoms with Crippen LogP contribution in [0.1, 0.15) is 16.7 Å². The van der Waals surface area contributed by atoms with Gasteiger partial charge in [-0.1, -0.05) is 35.9 Å². The van der Waals surface area contributed by atoms with Crippen LogP contribution in [0, 0.1) is 13.8 Å². The summed E-state index contributed by atoms with van der Waals surface area (Å²) < 4.78 is 5.69.